The Balaban J connectivity index is 1.93. The predicted molar refractivity (Wildman–Crippen MR) is 69.0 cm³/mol. The van der Waals surface area contributed by atoms with E-state index in [1.807, 2.05) is 13.0 Å². The molecule has 1 aromatic rings. The van der Waals surface area contributed by atoms with Gasteiger partial charge in [-0.2, -0.15) is 0 Å². The molecular formula is C12H20N4O. The van der Waals surface area contributed by atoms with Crippen molar-refractivity contribution in [1.29, 1.82) is 0 Å². The Morgan fingerprint density at radius 2 is 2.12 bits per heavy atom. The van der Waals surface area contributed by atoms with Crippen LogP contribution in [0.5, 0.6) is 0 Å². The molecule has 0 spiro atoms. The maximum Gasteiger partial charge on any atom is 0.0738 e. The number of hydrogen-bond donors (Lipinski definition) is 2. The van der Waals surface area contributed by atoms with Crippen molar-refractivity contribution in [2.45, 2.75) is 13.0 Å². The van der Waals surface area contributed by atoms with Crippen molar-refractivity contribution >= 4 is 11.4 Å². The monoisotopic (exact) mass is 236 g/mol. The fourth-order valence-electron chi connectivity index (χ4n) is 2.23. The summed E-state index contributed by atoms with van der Waals surface area (Å²) < 4.78 is 0. The molecule has 1 unspecified atom stereocenters. The van der Waals surface area contributed by atoms with Crippen LogP contribution < -0.4 is 10.6 Å². The Kier molecular flexibility index (Phi) is 3.81. The molecule has 2 heterocycles. The minimum Gasteiger partial charge on any atom is -0.396 e. The lowest BCUT2D eigenvalue weighted by Gasteiger charge is -2.36. The summed E-state index contributed by atoms with van der Waals surface area (Å²) in [6.45, 7) is 6.40. The quantitative estimate of drug-likeness (QED) is 0.783. The predicted octanol–water partition coefficient (Wildman–Crippen LogP) is 0.167. The molecule has 1 aromatic heterocycles. The van der Waals surface area contributed by atoms with Crippen LogP contribution in [0.15, 0.2) is 18.5 Å². The highest BCUT2D eigenvalue weighted by molar-refractivity contribution is 5.66. The van der Waals surface area contributed by atoms with Gasteiger partial charge in [-0.05, 0) is 13.0 Å². The first-order valence-electron chi connectivity index (χ1n) is 6.01. The van der Waals surface area contributed by atoms with E-state index in [9.17, 15) is 5.11 Å². The number of rotatable bonds is 3. The number of nitrogens with zero attached hydrogens (tertiary/aromatic N) is 3. The number of aliphatic hydroxyl groups excluding tert-OH is 1. The lowest BCUT2D eigenvalue weighted by Crippen LogP contribution is -2.48. The summed E-state index contributed by atoms with van der Waals surface area (Å²) in [5, 5.41) is 9.35. The molecule has 1 saturated heterocycles. The summed E-state index contributed by atoms with van der Waals surface area (Å²) in [6.07, 6.45) is 3.21. The summed E-state index contributed by atoms with van der Waals surface area (Å²) in [5.74, 6) is 0. The Labute approximate surface area is 102 Å². The normalized spacial score (nSPS) is 19.3. The first kappa shape index (κ1) is 12.1. The fraction of sp³-hybridized carbons (Fsp3) is 0.583. The Morgan fingerprint density at radius 1 is 1.41 bits per heavy atom. The van der Waals surface area contributed by atoms with Gasteiger partial charge in [0.15, 0.2) is 0 Å². The summed E-state index contributed by atoms with van der Waals surface area (Å²) in [5.41, 5.74) is 7.71. The molecule has 0 aromatic carbocycles. The van der Waals surface area contributed by atoms with Gasteiger partial charge in [0.05, 0.1) is 23.7 Å². The first-order chi connectivity index (χ1) is 8.16. The lowest BCUT2D eigenvalue weighted by molar-refractivity contribution is 0.123. The average molecular weight is 236 g/mol. The van der Waals surface area contributed by atoms with E-state index in [0.717, 1.165) is 44.1 Å². The van der Waals surface area contributed by atoms with E-state index in [2.05, 4.69) is 14.8 Å². The zero-order valence-corrected chi connectivity index (χ0v) is 10.2. The lowest BCUT2D eigenvalue weighted by atomic mass is 10.2. The topological polar surface area (TPSA) is 65.6 Å². The SMILES string of the molecule is CC(O)CN1CCN(c2ccncc2N)CC1. The first-order valence-corrected chi connectivity index (χ1v) is 6.01. The molecule has 17 heavy (non-hydrogen) atoms. The van der Waals surface area contributed by atoms with Crippen LogP contribution in [0.4, 0.5) is 11.4 Å². The Morgan fingerprint density at radius 3 is 2.71 bits per heavy atom. The molecule has 0 saturated carbocycles. The van der Waals surface area contributed by atoms with Gasteiger partial charge in [-0.1, -0.05) is 0 Å². The van der Waals surface area contributed by atoms with E-state index in [1.54, 1.807) is 12.4 Å². The van der Waals surface area contributed by atoms with Crippen molar-refractivity contribution < 1.29 is 5.11 Å². The number of nitrogens with two attached hydrogens (primary N) is 1. The van der Waals surface area contributed by atoms with Gasteiger partial charge < -0.3 is 15.7 Å². The number of β-amino-alcohol motifs (C(OH)–C–C–N with tert-alkyl or cyclic N) is 1. The second-order valence-electron chi connectivity index (χ2n) is 4.57. The molecule has 1 aliphatic rings. The molecule has 5 heteroatoms. The molecule has 1 aliphatic heterocycles. The number of aromatic nitrogens is 1. The standard InChI is InChI=1S/C12H20N4O/c1-10(17)9-15-4-6-16(7-5-15)12-2-3-14-8-11(12)13/h2-3,8,10,17H,4-7,9,13H2,1H3. The molecule has 94 valence electrons. The zero-order valence-electron chi connectivity index (χ0n) is 10.2. The van der Waals surface area contributed by atoms with E-state index in [4.69, 9.17) is 5.73 Å². The summed E-state index contributed by atoms with van der Waals surface area (Å²) in [4.78, 5) is 8.55. The highest BCUT2D eigenvalue weighted by atomic mass is 16.3. The van der Waals surface area contributed by atoms with E-state index >= 15 is 0 Å². The van der Waals surface area contributed by atoms with Crippen LogP contribution >= 0.6 is 0 Å². The van der Waals surface area contributed by atoms with Gasteiger partial charge in [0.1, 0.15) is 0 Å². The highest BCUT2D eigenvalue weighted by Crippen LogP contribution is 2.22. The number of nitrogen functional groups attached to an aromatic ring is 1. The molecule has 0 aliphatic carbocycles. The van der Waals surface area contributed by atoms with Crippen LogP contribution in [-0.4, -0.2) is 53.8 Å². The van der Waals surface area contributed by atoms with Gasteiger partial charge in [0, 0.05) is 38.9 Å². The summed E-state index contributed by atoms with van der Waals surface area (Å²) >= 11 is 0. The van der Waals surface area contributed by atoms with Gasteiger partial charge >= 0.3 is 0 Å². The third-order valence-electron chi connectivity index (χ3n) is 3.06. The number of piperazine rings is 1. The van der Waals surface area contributed by atoms with Crippen molar-refractivity contribution in [2.24, 2.45) is 0 Å². The van der Waals surface area contributed by atoms with Crippen molar-refractivity contribution in [3.8, 4) is 0 Å². The van der Waals surface area contributed by atoms with Crippen LogP contribution in [0, 0.1) is 0 Å². The van der Waals surface area contributed by atoms with Gasteiger partial charge in [0.2, 0.25) is 0 Å². The highest BCUT2D eigenvalue weighted by Gasteiger charge is 2.19. The van der Waals surface area contributed by atoms with Crippen LogP contribution in [0.25, 0.3) is 0 Å². The minimum absolute atomic E-state index is 0.257. The smallest absolute Gasteiger partial charge is 0.0738 e. The van der Waals surface area contributed by atoms with Gasteiger partial charge in [-0.15, -0.1) is 0 Å². The second kappa shape index (κ2) is 5.33. The van der Waals surface area contributed by atoms with E-state index in [1.165, 1.54) is 0 Å². The molecule has 0 radical (unpaired) electrons. The molecule has 1 atom stereocenters. The van der Waals surface area contributed by atoms with Crippen molar-refractivity contribution in [2.75, 3.05) is 43.4 Å². The van der Waals surface area contributed by atoms with Crippen LogP contribution in [0.1, 0.15) is 6.92 Å². The van der Waals surface area contributed by atoms with E-state index < -0.39 is 0 Å². The molecule has 0 bridgehead atoms. The number of hydrogen-bond acceptors (Lipinski definition) is 5. The molecule has 0 amide bonds. The maximum absolute atomic E-state index is 9.35. The van der Waals surface area contributed by atoms with Crippen LogP contribution in [0.2, 0.25) is 0 Å². The molecular weight excluding hydrogens is 216 g/mol. The number of pyridine rings is 1. The average Bonchev–Trinajstić information content (AvgIpc) is 2.30. The summed E-state index contributed by atoms with van der Waals surface area (Å²) in [6, 6.07) is 1.96. The van der Waals surface area contributed by atoms with Crippen molar-refractivity contribution in [3.63, 3.8) is 0 Å². The second-order valence-corrected chi connectivity index (χ2v) is 4.57. The fourth-order valence-corrected chi connectivity index (χ4v) is 2.23. The van der Waals surface area contributed by atoms with Crippen molar-refractivity contribution in [1.82, 2.24) is 9.88 Å². The van der Waals surface area contributed by atoms with Crippen LogP contribution in [0.3, 0.4) is 0 Å². The number of aliphatic hydroxyl groups is 1. The van der Waals surface area contributed by atoms with Gasteiger partial charge in [-0.3, -0.25) is 9.88 Å². The van der Waals surface area contributed by atoms with E-state index in [0.29, 0.717) is 0 Å². The summed E-state index contributed by atoms with van der Waals surface area (Å²) in [7, 11) is 0. The van der Waals surface area contributed by atoms with Crippen LogP contribution in [-0.2, 0) is 0 Å². The Hall–Kier alpha value is -1.33. The van der Waals surface area contributed by atoms with Gasteiger partial charge in [-0.25, -0.2) is 0 Å². The van der Waals surface area contributed by atoms with Crippen molar-refractivity contribution in [3.05, 3.63) is 18.5 Å². The molecule has 5 nitrogen and oxygen atoms in total. The third-order valence-corrected chi connectivity index (χ3v) is 3.06. The number of anilines is 2. The largest absolute Gasteiger partial charge is 0.396 e. The molecule has 1 fully saturated rings. The maximum atomic E-state index is 9.35. The molecule has 3 N–H and O–H groups in total. The molecule has 2 rings (SSSR count). The third kappa shape index (κ3) is 3.08. The van der Waals surface area contributed by atoms with E-state index in [-0.39, 0.29) is 6.10 Å². The minimum atomic E-state index is -0.257. The zero-order chi connectivity index (χ0) is 12.3. The van der Waals surface area contributed by atoms with Gasteiger partial charge in [0.25, 0.3) is 0 Å². The Bertz CT molecular complexity index is 361.